The Morgan fingerprint density at radius 2 is 1.62 bits per heavy atom. The molecule has 1 aromatic heterocycles. The summed E-state index contributed by atoms with van der Waals surface area (Å²) < 4.78 is 7.39. The number of aromatic nitrogens is 3. The fourth-order valence-corrected chi connectivity index (χ4v) is 10.7. The van der Waals surface area contributed by atoms with Crippen molar-refractivity contribution in [3.05, 3.63) is 92.7 Å². The van der Waals surface area contributed by atoms with E-state index in [4.69, 9.17) is 16.3 Å². The maximum absolute atomic E-state index is 13.4. The number of nitrogens with zero attached hydrogens (tertiary/aromatic N) is 6. The Labute approximate surface area is 389 Å². The van der Waals surface area contributed by atoms with Gasteiger partial charge in [0, 0.05) is 72.2 Å². The van der Waals surface area contributed by atoms with E-state index in [1.807, 2.05) is 29.2 Å². The van der Waals surface area contributed by atoms with Gasteiger partial charge in [0.1, 0.15) is 29.5 Å². The van der Waals surface area contributed by atoms with Crippen molar-refractivity contribution in [1.82, 2.24) is 35.4 Å². The van der Waals surface area contributed by atoms with Crippen molar-refractivity contribution in [2.45, 2.75) is 90.8 Å². The van der Waals surface area contributed by atoms with Crippen molar-refractivity contribution in [3.8, 4) is 23.7 Å². The Morgan fingerprint density at radius 1 is 0.909 bits per heavy atom. The molecule has 1 atom stereocenters. The van der Waals surface area contributed by atoms with Gasteiger partial charge in [0.05, 0.1) is 22.5 Å². The number of benzene rings is 3. The lowest BCUT2D eigenvalue weighted by atomic mass is 9.49. The number of fused-ring (bicyclic) bond motifs is 1. The highest BCUT2D eigenvalue weighted by Gasteiger charge is 2.64. The van der Waals surface area contributed by atoms with Gasteiger partial charge in [0.2, 0.25) is 11.8 Å². The number of halogens is 1. The molecule has 15 nitrogen and oxygen atoms in total. The van der Waals surface area contributed by atoms with E-state index < -0.39 is 17.5 Å². The van der Waals surface area contributed by atoms with Crippen LogP contribution in [0.4, 0.5) is 5.69 Å². The van der Waals surface area contributed by atoms with Crippen LogP contribution in [-0.2, 0) is 14.4 Å². The summed E-state index contributed by atoms with van der Waals surface area (Å²) >= 11 is 6.25. The molecule has 4 heterocycles. The second-order valence-electron chi connectivity index (χ2n) is 19.3. The third-order valence-electron chi connectivity index (χ3n) is 14.0. The molecule has 3 aliphatic heterocycles. The smallest absolute Gasteiger partial charge is 0.278 e. The van der Waals surface area contributed by atoms with E-state index in [1.165, 1.54) is 0 Å². The summed E-state index contributed by atoms with van der Waals surface area (Å²) in [7, 11) is 0. The van der Waals surface area contributed by atoms with E-state index in [2.05, 4.69) is 76.8 Å². The first kappa shape index (κ1) is 46.2. The predicted octanol–water partition coefficient (Wildman–Crippen LogP) is 5.71. The van der Waals surface area contributed by atoms with Gasteiger partial charge in [0.25, 0.3) is 17.4 Å². The molecule has 4 aliphatic rings. The van der Waals surface area contributed by atoms with E-state index in [1.54, 1.807) is 36.4 Å². The van der Waals surface area contributed by atoms with Crippen molar-refractivity contribution in [1.29, 1.82) is 5.26 Å². The molecule has 3 aromatic carbocycles. The fourth-order valence-electron chi connectivity index (χ4n) is 10.5. The van der Waals surface area contributed by atoms with Crippen LogP contribution in [0, 0.1) is 45.8 Å². The molecule has 16 heteroatoms. The van der Waals surface area contributed by atoms with Crippen LogP contribution in [0.15, 0.2) is 65.5 Å². The van der Waals surface area contributed by atoms with Crippen molar-refractivity contribution in [3.63, 3.8) is 0 Å². The number of ether oxygens (including phenoxy) is 1. The summed E-state index contributed by atoms with van der Waals surface area (Å²) in [5.74, 6) is 7.28. The van der Waals surface area contributed by atoms with E-state index in [0.717, 1.165) is 62.0 Å². The molecule has 3 saturated heterocycles. The van der Waals surface area contributed by atoms with Gasteiger partial charge in [-0.2, -0.15) is 9.94 Å². The number of carbonyl (C=O) groups excluding carboxylic acids is 4. The molecular formula is C50H56ClN9O6. The molecule has 3 N–H and O–H groups in total. The van der Waals surface area contributed by atoms with E-state index >= 15 is 0 Å². The third-order valence-corrected chi connectivity index (χ3v) is 14.3. The minimum Gasteiger partial charge on any atom is -0.489 e. The Bertz CT molecular complexity index is 2670. The van der Waals surface area contributed by atoms with Crippen molar-refractivity contribution >= 4 is 51.8 Å². The number of rotatable bonds is 11. The summed E-state index contributed by atoms with van der Waals surface area (Å²) in [5.41, 5.74) is 1.62. The number of anilines is 1. The van der Waals surface area contributed by atoms with Crippen LogP contribution >= 0.6 is 11.6 Å². The highest BCUT2D eigenvalue weighted by Crippen LogP contribution is 2.55. The summed E-state index contributed by atoms with van der Waals surface area (Å²) in [6.45, 7) is 13.0. The molecule has 344 valence electrons. The zero-order valence-corrected chi connectivity index (χ0v) is 38.6. The first-order chi connectivity index (χ1) is 31.6. The van der Waals surface area contributed by atoms with Crippen LogP contribution < -0.4 is 26.2 Å². The SMILES string of the molecule is CC1(C)C(NC(=O)c2ccc(C#CCC3CCN(CC4CCN(C(=O)CNc5ccc6nnn(C7CCC(=O)NC7=O)c(=O)c6c5)CC4)CC3)cc2)C(C)(C)C1Oc1ccc(C#N)c(Cl)c1. The monoisotopic (exact) mass is 913 g/mol. The summed E-state index contributed by atoms with van der Waals surface area (Å²) in [4.78, 5) is 68.3. The number of imide groups is 1. The van der Waals surface area contributed by atoms with Crippen LogP contribution in [0.5, 0.6) is 5.75 Å². The zero-order chi connectivity index (χ0) is 46.8. The topological polar surface area (TPSA) is 192 Å². The quantitative estimate of drug-likeness (QED) is 0.123. The summed E-state index contributed by atoms with van der Waals surface area (Å²) in [5, 5.41) is 26.5. The van der Waals surface area contributed by atoms with Gasteiger partial charge in [-0.3, -0.25) is 29.3 Å². The van der Waals surface area contributed by atoms with E-state index in [9.17, 15) is 29.2 Å². The lowest BCUT2D eigenvalue weighted by Gasteiger charge is -2.63. The lowest BCUT2D eigenvalue weighted by Crippen LogP contribution is -2.74. The first-order valence-electron chi connectivity index (χ1n) is 22.8. The standard InChI is InChI=1S/C50H56ClN9O6/c1-49(2)47(50(3,4)48(49)66-37-14-12-35(28-52)39(51)27-37)55-44(63)34-10-8-31(9-11-34)6-5-7-32-18-22-58(23-19-32)30-33-20-24-59(25-21-33)43(62)29-53-36-13-15-40-38(26-36)46(65)60(57-56-40)41-16-17-42(61)54-45(41)64/h8-15,26-27,32-33,41,47-48,53H,7,16-25,29-30H2,1-4H3,(H,55,63)(H,54,61,64). The highest BCUT2D eigenvalue weighted by molar-refractivity contribution is 6.31. The van der Waals surface area contributed by atoms with Gasteiger partial charge in [-0.05, 0) is 112 Å². The molecule has 4 aromatic rings. The van der Waals surface area contributed by atoms with Gasteiger partial charge >= 0.3 is 0 Å². The number of piperidine rings is 3. The molecule has 0 bridgehead atoms. The number of nitriles is 1. The molecule has 4 amide bonds. The van der Waals surface area contributed by atoms with Gasteiger partial charge < -0.3 is 25.2 Å². The van der Waals surface area contributed by atoms with Gasteiger partial charge in [-0.15, -0.1) is 5.10 Å². The van der Waals surface area contributed by atoms with Crippen LogP contribution in [0.2, 0.25) is 5.02 Å². The maximum Gasteiger partial charge on any atom is 0.278 e. The van der Waals surface area contributed by atoms with Gasteiger partial charge in [-0.25, -0.2) is 0 Å². The predicted molar refractivity (Wildman–Crippen MR) is 250 cm³/mol. The second-order valence-corrected chi connectivity index (χ2v) is 19.8. The van der Waals surface area contributed by atoms with E-state index in [-0.39, 0.29) is 65.5 Å². The number of hydrogen-bond donors (Lipinski definition) is 3. The number of amides is 4. The first-order valence-corrected chi connectivity index (χ1v) is 23.2. The number of likely N-dealkylation sites (tertiary alicyclic amines) is 2. The molecule has 66 heavy (non-hydrogen) atoms. The van der Waals surface area contributed by atoms with Crippen molar-refractivity contribution < 1.29 is 23.9 Å². The van der Waals surface area contributed by atoms with Crippen LogP contribution in [0.1, 0.15) is 100 Å². The molecule has 1 aliphatic carbocycles. The molecule has 0 radical (unpaired) electrons. The van der Waals surface area contributed by atoms with Crippen LogP contribution in [-0.4, -0.2) is 99.8 Å². The summed E-state index contributed by atoms with van der Waals surface area (Å²) in [6.07, 6.45) is 5.05. The molecule has 4 fully saturated rings. The normalized spacial score (nSPS) is 22.0. The molecule has 0 spiro atoms. The summed E-state index contributed by atoms with van der Waals surface area (Å²) in [6, 6.07) is 18.6. The lowest BCUT2D eigenvalue weighted by molar-refractivity contribution is -0.164. The average molecular weight is 915 g/mol. The van der Waals surface area contributed by atoms with Gasteiger partial charge in [-0.1, -0.05) is 56.4 Å². The molecular weight excluding hydrogens is 858 g/mol. The number of nitrogens with one attached hydrogen (secondary N) is 3. The Balaban J connectivity index is 0.733. The van der Waals surface area contributed by atoms with Gasteiger partial charge in [0.15, 0.2) is 0 Å². The number of carbonyl (C=O) groups is 4. The van der Waals surface area contributed by atoms with Crippen molar-refractivity contribution in [2.75, 3.05) is 44.6 Å². The minimum absolute atomic E-state index is 0.00229. The fraction of sp³-hybridized carbons (Fsp3) is 0.480. The Morgan fingerprint density at radius 3 is 2.30 bits per heavy atom. The molecule has 1 saturated carbocycles. The zero-order valence-electron chi connectivity index (χ0n) is 37.9. The third kappa shape index (κ3) is 9.93. The second kappa shape index (κ2) is 19.3. The largest absolute Gasteiger partial charge is 0.489 e. The minimum atomic E-state index is -0.908. The van der Waals surface area contributed by atoms with Crippen LogP contribution in [0.3, 0.4) is 0 Å². The highest BCUT2D eigenvalue weighted by atomic mass is 35.5. The number of hydrogen-bond acceptors (Lipinski definition) is 11. The Hall–Kier alpha value is -6.29. The van der Waals surface area contributed by atoms with E-state index in [0.29, 0.717) is 58.0 Å². The Kier molecular flexibility index (Phi) is 13.5. The maximum atomic E-state index is 13.4. The molecule has 8 rings (SSSR count). The molecule has 1 unspecified atom stereocenters. The average Bonchev–Trinajstić information content (AvgIpc) is 3.30. The van der Waals surface area contributed by atoms with Crippen molar-refractivity contribution in [2.24, 2.45) is 22.7 Å². The van der Waals surface area contributed by atoms with Crippen LogP contribution in [0.25, 0.3) is 10.9 Å².